The molecule has 0 aromatic heterocycles. The minimum Gasteiger partial charge on any atom is -0.291 e. The van der Waals surface area contributed by atoms with Gasteiger partial charge in [-0.25, -0.2) is 8.42 Å². The van der Waals surface area contributed by atoms with Crippen molar-refractivity contribution in [3.8, 4) is 0 Å². The maximum Gasteiger partial charge on any atom is 0.297 e. The number of Topliss-reactive ketones (excluding diaryl/α,β-unsaturated/α-hetero) is 1. The number of nitrogens with zero attached hydrogens (tertiary/aromatic N) is 1. The third-order valence-corrected chi connectivity index (χ3v) is 9.67. The molecule has 0 unspecified atom stereocenters. The van der Waals surface area contributed by atoms with Crippen LogP contribution in [0, 0.1) is 19.8 Å². The van der Waals surface area contributed by atoms with Crippen LogP contribution in [0.25, 0.3) is 0 Å². The van der Waals surface area contributed by atoms with Crippen LogP contribution in [0.4, 0.5) is 0 Å². The number of ketones is 1. The van der Waals surface area contributed by atoms with Crippen molar-refractivity contribution in [1.82, 2.24) is 4.31 Å². The topological polar surface area (TPSA) is 97.8 Å². The molecular formula is C27H29NO6S2. The maximum atomic E-state index is 13.4. The Bertz CT molecular complexity index is 1410. The normalized spacial score (nSPS) is 16.5. The van der Waals surface area contributed by atoms with Gasteiger partial charge in [-0.05, 0) is 56.9 Å². The van der Waals surface area contributed by atoms with Gasteiger partial charge in [-0.3, -0.25) is 8.98 Å². The molecule has 1 saturated heterocycles. The lowest BCUT2D eigenvalue weighted by Crippen LogP contribution is -2.44. The summed E-state index contributed by atoms with van der Waals surface area (Å²) in [5.74, 6) is -0.909. The molecule has 3 aromatic rings. The fraction of sp³-hybridized carbons (Fsp3) is 0.296. The predicted octanol–water partition coefficient (Wildman–Crippen LogP) is 4.36. The van der Waals surface area contributed by atoms with Crippen LogP contribution in [0.2, 0.25) is 0 Å². The van der Waals surface area contributed by atoms with Crippen LogP contribution < -0.4 is 0 Å². The van der Waals surface area contributed by atoms with E-state index in [4.69, 9.17) is 4.18 Å². The van der Waals surface area contributed by atoms with E-state index in [0.717, 1.165) is 11.1 Å². The van der Waals surface area contributed by atoms with Crippen LogP contribution in [0.3, 0.4) is 0 Å². The number of piperidine rings is 1. The highest BCUT2D eigenvalue weighted by molar-refractivity contribution is 7.89. The fourth-order valence-corrected chi connectivity index (χ4v) is 6.85. The Morgan fingerprint density at radius 3 is 1.81 bits per heavy atom. The van der Waals surface area contributed by atoms with E-state index >= 15 is 0 Å². The number of hydrogen-bond donors (Lipinski definition) is 0. The first-order valence-electron chi connectivity index (χ1n) is 11.7. The van der Waals surface area contributed by atoms with Crippen LogP contribution in [0.1, 0.15) is 34.3 Å². The molecule has 1 atom stereocenters. The average molecular weight is 528 g/mol. The molecule has 1 fully saturated rings. The zero-order valence-corrected chi connectivity index (χ0v) is 21.8. The second kappa shape index (κ2) is 10.6. The molecule has 1 heterocycles. The summed E-state index contributed by atoms with van der Waals surface area (Å²) in [5.41, 5.74) is 2.20. The predicted molar refractivity (Wildman–Crippen MR) is 137 cm³/mol. The van der Waals surface area contributed by atoms with E-state index in [0.29, 0.717) is 5.56 Å². The molecule has 0 bridgehead atoms. The largest absolute Gasteiger partial charge is 0.297 e. The summed E-state index contributed by atoms with van der Waals surface area (Å²) in [6, 6.07) is 21.3. The summed E-state index contributed by atoms with van der Waals surface area (Å²) in [6.45, 7) is 4.05. The minimum atomic E-state index is -4.22. The molecule has 7 nitrogen and oxygen atoms in total. The Kier molecular flexibility index (Phi) is 7.75. The van der Waals surface area contributed by atoms with Gasteiger partial charge >= 0.3 is 0 Å². The van der Waals surface area contributed by atoms with Crippen LogP contribution in [0.15, 0.2) is 88.7 Å². The lowest BCUT2D eigenvalue weighted by Gasteiger charge is -2.34. The van der Waals surface area contributed by atoms with E-state index in [1.54, 1.807) is 66.7 Å². The van der Waals surface area contributed by atoms with Crippen molar-refractivity contribution in [1.29, 1.82) is 0 Å². The summed E-state index contributed by atoms with van der Waals surface area (Å²) in [4.78, 5) is 13.6. The minimum absolute atomic E-state index is 0.0293. The van der Waals surface area contributed by atoms with Gasteiger partial charge in [0, 0.05) is 18.7 Å². The molecule has 0 radical (unpaired) electrons. The third kappa shape index (κ3) is 5.75. The first kappa shape index (κ1) is 26.2. The number of rotatable bonds is 8. The van der Waals surface area contributed by atoms with E-state index in [2.05, 4.69) is 0 Å². The second-order valence-electron chi connectivity index (χ2n) is 9.07. The molecule has 0 amide bonds. The Morgan fingerprint density at radius 2 is 1.28 bits per heavy atom. The summed E-state index contributed by atoms with van der Waals surface area (Å²) >= 11 is 0. The van der Waals surface area contributed by atoms with Crippen LogP contribution >= 0.6 is 0 Å². The molecule has 0 aliphatic carbocycles. The van der Waals surface area contributed by atoms with E-state index in [1.165, 1.54) is 16.4 Å². The van der Waals surface area contributed by atoms with E-state index < -0.39 is 37.9 Å². The van der Waals surface area contributed by atoms with Crippen LogP contribution in [-0.4, -0.2) is 46.1 Å². The number of benzene rings is 3. The van der Waals surface area contributed by atoms with Gasteiger partial charge in [-0.2, -0.15) is 12.7 Å². The number of hydrogen-bond acceptors (Lipinski definition) is 6. The van der Waals surface area contributed by atoms with Crippen LogP contribution in [-0.2, 0) is 24.3 Å². The molecule has 4 rings (SSSR count). The molecule has 190 valence electrons. The molecular weight excluding hydrogens is 498 g/mol. The number of carbonyl (C=O) groups excluding carboxylic acids is 1. The van der Waals surface area contributed by atoms with Gasteiger partial charge in [0.2, 0.25) is 10.0 Å². The van der Waals surface area contributed by atoms with Crippen molar-refractivity contribution < 1.29 is 25.8 Å². The third-order valence-electron chi connectivity index (χ3n) is 6.44. The lowest BCUT2D eigenvalue weighted by atomic mass is 9.88. The Balaban J connectivity index is 1.57. The Hall–Kier alpha value is -2.85. The standard InChI is InChI=1S/C27H29NO6S2/c1-20-8-12-24(13-9-20)35(30,31)28-18-16-23(17-19-28)27(26(29)22-6-4-3-5-7-22)34-36(32,33)25-14-10-21(2)11-15-25/h3-15,23,27H,16-19H2,1-2H3/t27-/m1/s1. The Morgan fingerprint density at radius 1 is 0.778 bits per heavy atom. The molecule has 36 heavy (non-hydrogen) atoms. The zero-order valence-electron chi connectivity index (χ0n) is 20.2. The van der Waals surface area contributed by atoms with Crippen molar-refractivity contribution in [3.63, 3.8) is 0 Å². The van der Waals surface area contributed by atoms with Gasteiger partial charge in [-0.1, -0.05) is 65.7 Å². The van der Waals surface area contributed by atoms with Gasteiger partial charge in [0.05, 0.1) is 9.79 Å². The SMILES string of the molecule is Cc1ccc(S(=O)(=O)O[C@@H](C(=O)c2ccccc2)C2CCN(S(=O)(=O)c3ccc(C)cc3)CC2)cc1. The van der Waals surface area contributed by atoms with Gasteiger partial charge in [0.25, 0.3) is 10.1 Å². The van der Waals surface area contributed by atoms with Crippen molar-refractivity contribution in [3.05, 3.63) is 95.6 Å². The molecule has 9 heteroatoms. The van der Waals surface area contributed by atoms with Gasteiger partial charge in [0.1, 0.15) is 6.10 Å². The van der Waals surface area contributed by atoms with Crippen molar-refractivity contribution in [2.45, 2.75) is 42.6 Å². The first-order valence-corrected chi connectivity index (χ1v) is 14.6. The van der Waals surface area contributed by atoms with Gasteiger partial charge < -0.3 is 0 Å². The highest BCUT2D eigenvalue weighted by Crippen LogP contribution is 2.31. The monoisotopic (exact) mass is 527 g/mol. The molecule has 0 N–H and O–H groups in total. The number of sulfonamides is 1. The van der Waals surface area contributed by atoms with Crippen molar-refractivity contribution >= 4 is 25.9 Å². The summed E-state index contributed by atoms with van der Waals surface area (Å²) < 4.78 is 59.4. The summed E-state index contributed by atoms with van der Waals surface area (Å²) in [7, 11) is -7.91. The Labute approximate surface area is 212 Å². The van der Waals surface area contributed by atoms with E-state index in [-0.39, 0.29) is 35.7 Å². The maximum absolute atomic E-state index is 13.4. The first-order chi connectivity index (χ1) is 17.1. The molecule has 1 aliphatic rings. The molecule has 3 aromatic carbocycles. The summed E-state index contributed by atoms with van der Waals surface area (Å²) in [6.07, 6.45) is -0.682. The number of carbonyl (C=O) groups is 1. The molecule has 0 spiro atoms. The van der Waals surface area contributed by atoms with E-state index in [9.17, 15) is 21.6 Å². The smallest absolute Gasteiger partial charge is 0.291 e. The highest BCUT2D eigenvalue weighted by atomic mass is 32.2. The average Bonchev–Trinajstić information content (AvgIpc) is 2.88. The second-order valence-corrected chi connectivity index (χ2v) is 12.6. The molecule has 0 saturated carbocycles. The quantitative estimate of drug-likeness (QED) is 0.319. The fourth-order valence-electron chi connectivity index (χ4n) is 4.28. The van der Waals surface area contributed by atoms with E-state index in [1.807, 2.05) is 13.8 Å². The highest BCUT2D eigenvalue weighted by Gasteiger charge is 2.39. The van der Waals surface area contributed by atoms with Crippen molar-refractivity contribution in [2.24, 2.45) is 5.92 Å². The number of aryl methyl sites for hydroxylation is 2. The van der Waals surface area contributed by atoms with Gasteiger partial charge in [0.15, 0.2) is 5.78 Å². The van der Waals surface area contributed by atoms with Gasteiger partial charge in [-0.15, -0.1) is 0 Å². The zero-order chi connectivity index (χ0) is 25.9. The lowest BCUT2D eigenvalue weighted by molar-refractivity contribution is 0.0611. The van der Waals surface area contributed by atoms with Crippen LogP contribution in [0.5, 0.6) is 0 Å². The molecule has 1 aliphatic heterocycles. The van der Waals surface area contributed by atoms with Crippen molar-refractivity contribution in [2.75, 3.05) is 13.1 Å². The summed E-state index contributed by atoms with van der Waals surface area (Å²) in [5, 5.41) is 0.